The summed E-state index contributed by atoms with van der Waals surface area (Å²) in [5, 5.41) is 1.64. The summed E-state index contributed by atoms with van der Waals surface area (Å²) in [6.07, 6.45) is 4.14. The van der Waals surface area contributed by atoms with Crippen molar-refractivity contribution >= 4 is 10.8 Å². The van der Waals surface area contributed by atoms with E-state index in [2.05, 4.69) is 30.6 Å². The van der Waals surface area contributed by atoms with Crippen molar-refractivity contribution in [3.05, 3.63) is 118 Å². The molecule has 0 aliphatic rings. The Morgan fingerprint density at radius 1 is 0.588 bits per heavy atom. The van der Waals surface area contributed by atoms with Gasteiger partial charge in [-0.3, -0.25) is 0 Å². The van der Waals surface area contributed by atoms with Gasteiger partial charge < -0.3 is 0 Å². The topological polar surface area (TPSA) is 0 Å². The summed E-state index contributed by atoms with van der Waals surface area (Å²) in [4.78, 5) is 0. The summed E-state index contributed by atoms with van der Waals surface area (Å²) in [5.74, 6) is 10.3. The van der Waals surface area contributed by atoms with Gasteiger partial charge in [-0.1, -0.05) is 61.6 Å². The highest BCUT2D eigenvalue weighted by Crippen LogP contribution is 2.18. The zero-order valence-corrected chi connectivity index (χ0v) is 18.9. The largest absolute Gasteiger partial charge is 0.207 e. The van der Waals surface area contributed by atoms with E-state index in [0.29, 0.717) is 16.7 Å². The molecule has 0 amide bonds. The first-order valence-corrected chi connectivity index (χ1v) is 11.3. The number of benzene rings is 4. The summed E-state index contributed by atoms with van der Waals surface area (Å²) in [5.41, 5.74) is 2.65. The summed E-state index contributed by atoms with van der Waals surface area (Å²) in [6.45, 7) is 2.14. The third-order valence-corrected chi connectivity index (χ3v) is 5.56. The summed E-state index contributed by atoms with van der Waals surface area (Å²) in [7, 11) is 0. The Hall–Kier alpha value is -3.95. The minimum atomic E-state index is -0.492. The summed E-state index contributed by atoms with van der Waals surface area (Å²) >= 11 is 0. The van der Waals surface area contributed by atoms with Crippen LogP contribution in [0.3, 0.4) is 0 Å². The molecule has 4 aromatic carbocycles. The average Bonchev–Trinajstić information content (AvgIpc) is 2.83. The first-order chi connectivity index (χ1) is 16.5. The zero-order chi connectivity index (χ0) is 23.9. The normalized spacial score (nSPS) is 10.4. The molecule has 4 aromatic rings. The molecule has 0 heterocycles. The molecule has 0 atom stereocenters. The predicted molar refractivity (Wildman–Crippen MR) is 132 cm³/mol. The molecule has 3 heteroatoms. The highest BCUT2D eigenvalue weighted by molar-refractivity contribution is 5.84. The molecule has 0 bridgehead atoms. The van der Waals surface area contributed by atoms with E-state index in [1.165, 1.54) is 24.3 Å². The number of hydrogen-bond donors (Lipinski definition) is 0. The molecule has 0 fully saturated rings. The smallest absolute Gasteiger partial charge is 0.140 e. The van der Waals surface area contributed by atoms with E-state index >= 15 is 0 Å². The molecule has 0 saturated heterocycles. The molecule has 0 aliphatic heterocycles. The van der Waals surface area contributed by atoms with Crippen LogP contribution in [0.4, 0.5) is 13.2 Å². The van der Waals surface area contributed by atoms with Crippen LogP contribution in [0.25, 0.3) is 10.8 Å². The predicted octanol–water partition coefficient (Wildman–Crippen LogP) is 7.79. The Morgan fingerprint density at radius 2 is 1.21 bits per heavy atom. The SMILES string of the molecule is CCCCCc1ccc(C#Cc2ccc(C#Cc3ccc4cc(F)ccc4c3)c(F)c2)c(F)c1. The quantitative estimate of drug-likeness (QED) is 0.219. The molecule has 4 rings (SSSR count). The molecular formula is C31H23F3. The second-order valence-electron chi connectivity index (χ2n) is 8.17. The van der Waals surface area contributed by atoms with Crippen LogP contribution in [-0.4, -0.2) is 0 Å². The Labute approximate surface area is 198 Å². The zero-order valence-electron chi connectivity index (χ0n) is 18.9. The highest BCUT2D eigenvalue weighted by atomic mass is 19.1. The van der Waals surface area contributed by atoms with Gasteiger partial charge in [0.1, 0.15) is 17.5 Å². The first-order valence-electron chi connectivity index (χ1n) is 11.3. The summed E-state index contributed by atoms with van der Waals surface area (Å²) in [6, 6.07) is 19.6. The molecule has 0 aromatic heterocycles. The van der Waals surface area contributed by atoms with Crippen LogP contribution >= 0.6 is 0 Å². The van der Waals surface area contributed by atoms with Gasteiger partial charge in [-0.05, 0) is 83.8 Å². The maximum absolute atomic E-state index is 14.6. The lowest BCUT2D eigenvalue weighted by Crippen LogP contribution is -1.91. The second-order valence-corrected chi connectivity index (χ2v) is 8.17. The van der Waals surface area contributed by atoms with Crippen molar-refractivity contribution in [2.75, 3.05) is 0 Å². The van der Waals surface area contributed by atoms with E-state index in [-0.39, 0.29) is 17.2 Å². The lowest BCUT2D eigenvalue weighted by molar-refractivity contribution is 0.619. The van der Waals surface area contributed by atoms with Crippen molar-refractivity contribution in [1.82, 2.24) is 0 Å². The Balaban J connectivity index is 1.49. The van der Waals surface area contributed by atoms with E-state index in [4.69, 9.17) is 0 Å². The van der Waals surface area contributed by atoms with Crippen molar-refractivity contribution in [2.45, 2.75) is 32.6 Å². The molecular weight excluding hydrogens is 429 g/mol. The van der Waals surface area contributed by atoms with Gasteiger partial charge in [-0.25, -0.2) is 13.2 Å². The van der Waals surface area contributed by atoms with E-state index in [9.17, 15) is 13.2 Å². The summed E-state index contributed by atoms with van der Waals surface area (Å²) < 4.78 is 42.3. The number of unbranched alkanes of at least 4 members (excludes halogenated alkanes) is 2. The number of fused-ring (bicyclic) bond motifs is 1. The van der Waals surface area contributed by atoms with Crippen LogP contribution < -0.4 is 0 Å². The van der Waals surface area contributed by atoms with Gasteiger partial charge in [0.2, 0.25) is 0 Å². The lowest BCUT2D eigenvalue weighted by atomic mass is 10.0. The fourth-order valence-electron chi connectivity index (χ4n) is 3.66. The molecule has 0 N–H and O–H groups in total. The Bertz CT molecular complexity index is 1460. The molecule has 0 nitrogen and oxygen atoms in total. The van der Waals surface area contributed by atoms with Gasteiger partial charge in [0.15, 0.2) is 0 Å². The van der Waals surface area contributed by atoms with Crippen LogP contribution in [-0.2, 0) is 6.42 Å². The number of aryl methyl sites for hydroxylation is 1. The number of rotatable bonds is 4. The maximum Gasteiger partial charge on any atom is 0.140 e. The van der Waals surface area contributed by atoms with E-state index in [0.717, 1.165) is 42.0 Å². The molecule has 0 spiro atoms. The Kier molecular flexibility index (Phi) is 7.36. The van der Waals surface area contributed by atoms with Crippen molar-refractivity contribution in [1.29, 1.82) is 0 Å². The fraction of sp³-hybridized carbons (Fsp3) is 0.161. The van der Waals surface area contributed by atoms with E-state index < -0.39 is 5.82 Å². The molecule has 0 radical (unpaired) electrons. The maximum atomic E-state index is 14.6. The third-order valence-electron chi connectivity index (χ3n) is 5.56. The van der Waals surface area contributed by atoms with Gasteiger partial charge in [0, 0.05) is 11.1 Å². The number of halogens is 3. The van der Waals surface area contributed by atoms with Crippen molar-refractivity contribution in [2.24, 2.45) is 0 Å². The van der Waals surface area contributed by atoms with Crippen molar-refractivity contribution in [3.8, 4) is 23.7 Å². The van der Waals surface area contributed by atoms with Crippen LogP contribution in [0.15, 0.2) is 72.8 Å². The number of hydrogen-bond acceptors (Lipinski definition) is 0. The second kappa shape index (κ2) is 10.8. The van der Waals surface area contributed by atoms with Gasteiger partial charge in [-0.2, -0.15) is 0 Å². The van der Waals surface area contributed by atoms with Crippen LogP contribution in [0.2, 0.25) is 0 Å². The molecule has 0 saturated carbocycles. The van der Waals surface area contributed by atoms with Gasteiger partial charge in [0.25, 0.3) is 0 Å². The molecule has 34 heavy (non-hydrogen) atoms. The molecule has 168 valence electrons. The minimum absolute atomic E-state index is 0.243. The highest BCUT2D eigenvalue weighted by Gasteiger charge is 2.03. The average molecular weight is 453 g/mol. The Morgan fingerprint density at radius 3 is 1.91 bits per heavy atom. The fourth-order valence-corrected chi connectivity index (χ4v) is 3.66. The minimum Gasteiger partial charge on any atom is -0.207 e. The van der Waals surface area contributed by atoms with Gasteiger partial charge in [-0.15, -0.1) is 0 Å². The van der Waals surface area contributed by atoms with Crippen molar-refractivity contribution in [3.63, 3.8) is 0 Å². The van der Waals surface area contributed by atoms with Gasteiger partial charge >= 0.3 is 0 Å². The standard InChI is InChI=1S/C31H23F3/c1-2-3-4-5-22-6-11-25(30(33)19-22)13-8-24-9-14-26(31(34)20-24)12-7-23-10-15-28-21-29(32)17-16-27(28)18-23/h6,9-11,14-21H,2-5H2,1H3. The third kappa shape index (κ3) is 5.89. The lowest BCUT2D eigenvalue weighted by Gasteiger charge is -2.02. The molecule has 0 aliphatic carbocycles. The van der Waals surface area contributed by atoms with Crippen molar-refractivity contribution < 1.29 is 13.2 Å². The first kappa shape index (κ1) is 23.2. The van der Waals surface area contributed by atoms with E-state index in [1.54, 1.807) is 36.4 Å². The van der Waals surface area contributed by atoms with Crippen LogP contribution in [0.1, 0.15) is 54.0 Å². The molecule has 0 unspecified atom stereocenters. The van der Waals surface area contributed by atoms with Crippen LogP contribution in [0, 0.1) is 41.1 Å². The monoisotopic (exact) mass is 452 g/mol. The van der Waals surface area contributed by atoms with Crippen LogP contribution in [0.5, 0.6) is 0 Å². The van der Waals surface area contributed by atoms with Gasteiger partial charge in [0.05, 0.1) is 11.1 Å². The van der Waals surface area contributed by atoms with E-state index in [1.807, 2.05) is 12.1 Å².